The Bertz CT molecular complexity index is 1140. The first-order chi connectivity index (χ1) is 17.1. The molecular formula is C27H28N4O4. The number of carbonyl (C=O) groups excluding carboxylic acids is 3. The van der Waals surface area contributed by atoms with E-state index >= 15 is 0 Å². The number of morpholine rings is 1. The highest BCUT2D eigenvalue weighted by atomic mass is 16.5. The number of nitrogens with one attached hydrogen (secondary N) is 3. The average Bonchev–Trinajstić information content (AvgIpc) is 2.92. The summed E-state index contributed by atoms with van der Waals surface area (Å²) in [6.07, 6.45) is 0. The molecule has 0 unspecified atom stereocenters. The lowest BCUT2D eigenvalue weighted by molar-refractivity contribution is -0.114. The molecule has 8 nitrogen and oxygen atoms in total. The van der Waals surface area contributed by atoms with Gasteiger partial charge in [-0.05, 0) is 54.1 Å². The molecular weight excluding hydrogens is 444 g/mol. The Morgan fingerprint density at radius 3 is 2.09 bits per heavy atom. The van der Waals surface area contributed by atoms with E-state index in [-0.39, 0.29) is 24.3 Å². The van der Waals surface area contributed by atoms with Crippen molar-refractivity contribution in [2.45, 2.75) is 6.54 Å². The monoisotopic (exact) mass is 472 g/mol. The van der Waals surface area contributed by atoms with Crippen LogP contribution in [0.5, 0.6) is 0 Å². The molecule has 0 aromatic heterocycles. The molecule has 8 heteroatoms. The topological polar surface area (TPSA) is 99.8 Å². The van der Waals surface area contributed by atoms with E-state index in [1.54, 1.807) is 53.4 Å². The lowest BCUT2D eigenvalue weighted by Gasteiger charge is -2.26. The van der Waals surface area contributed by atoms with E-state index < -0.39 is 0 Å². The van der Waals surface area contributed by atoms with Crippen LogP contribution in [0.15, 0.2) is 78.9 Å². The second-order valence-electron chi connectivity index (χ2n) is 8.13. The fourth-order valence-corrected chi connectivity index (χ4v) is 3.65. The summed E-state index contributed by atoms with van der Waals surface area (Å²) in [7, 11) is 0. The van der Waals surface area contributed by atoms with Gasteiger partial charge in [-0.1, -0.05) is 30.3 Å². The predicted octanol–water partition coefficient (Wildman–Crippen LogP) is 3.14. The van der Waals surface area contributed by atoms with Crippen LogP contribution in [0, 0.1) is 0 Å². The summed E-state index contributed by atoms with van der Waals surface area (Å²) < 4.78 is 5.28. The molecule has 1 saturated heterocycles. The summed E-state index contributed by atoms with van der Waals surface area (Å²) in [5.74, 6) is -0.416. The van der Waals surface area contributed by atoms with Gasteiger partial charge >= 0.3 is 0 Å². The molecule has 1 aliphatic rings. The van der Waals surface area contributed by atoms with Gasteiger partial charge in [0, 0.05) is 42.1 Å². The summed E-state index contributed by atoms with van der Waals surface area (Å²) in [6.45, 7) is 2.80. The van der Waals surface area contributed by atoms with Crippen LogP contribution in [0.4, 0.5) is 11.4 Å². The van der Waals surface area contributed by atoms with Crippen molar-refractivity contribution in [1.82, 2.24) is 10.2 Å². The van der Waals surface area contributed by atoms with E-state index in [4.69, 9.17) is 4.74 Å². The molecule has 1 fully saturated rings. The Morgan fingerprint density at radius 1 is 0.771 bits per heavy atom. The van der Waals surface area contributed by atoms with Crippen LogP contribution < -0.4 is 16.0 Å². The van der Waals surface area contributed by atoms with Crippen molar-refractivity contribution in [3.63, 3.8) is 0 Å². The quantitative estimate of drug-likeness (QED) is 0.468. The van der Waals surface area contributed by atoms with Crippen molar-refractivity contribution in [2.75, 3.05) is 43.5 Å². The van der Waals surface area contributed by atoms with Crippen LogP contribution >= 0.6 is 0 Å². The number of hydrogen-bond acceptors (Lipinski definition) is 5. The standard InChI is InChI=1S/C27H28N4O4/c32-25(30-24-12-8-22(9-13-24)27(34)31-14-16-35-17-15-31)19-28-23-10-6-21(7-11-23)26(33)29-18-20-4-2-1-3-5-20/h1-13,28H,14-19H2,(H,29,33)(H,30,32). The predicted molar refractivity (Wildman–Crippen MR) is 134 cm³/mol. The molecule has 0 saturated carbocycles. The average molecular weight is 473 g/mol. The van der Waals surface area contributed by atoms with Gasteiger partial charge in [-0.3, -0.25) is 14.4 Å². The Labute approximate surface area is 204 Å². The molecule has 0 aliphatic carbocycles. The van der Waals surface area contributed by atoms with Gasteiger partial charge in [0.15, 0.2) is 0 Å². The molecule has 4 rings (SSSR count). The zero-order valence-corrected chi connectivity index (χ0v) is 19.3. The molecule has 3 amide bonds. The van der Waals surface area contributed by atoms with Gasteiger partial charge in [0.1, 0.15) is 0 Å². The number of rotatable bonds is 8. The largest absolute Gasteiger partial charge is 0.378 e. The lowest BCUT2D eigenvalue weighted by atomic mass is 10.1. The second-order valence-corrected chi connectivity index (χ2v) is 8.13. The number of anilines is 2. The van der Waals surface area contributed by atoms with Crippen LogP contribution in [-0.2, 0) is 16.1 Å². The van der Waals surface area contributed by atoms with Crippen LogP contribution in [0.2, 0.25) is 0 Å². The van der Waals surface area contributed by atoms with Gasteiger partial charge in [-0.15, -0.1) is 0 Å². The Balaban J connectivity index is 1.22. The third-order valence-electron chi connectivity index (χ3n) is 5.61. The minimum atomic E-state index is -0.220. The Morgan fingerprint density at radius 2 is 1.40 bits per heavy atom. The number of ether oxygens (including phenoxy) is 1. The lowest BCUT2D eigenvalue weighted by Crippen LogP contribution is -2.40. The highest BCUT2D eigenvalue weighted by Gasteiger charge is 2.18. The first-order valence-electron chi connectivity index (χ1n) is 11.5. The molecule has 0 spiro atoms. The third kappa shape index (κ3) is 6.91. The summed E-state index contributed by atoms with van der Waals surface area (Å²) in [5.41, 5.74) is 3.49. The molecule has 3 aromatic carbocycles. The van der Waals surface area contributed by atoms with Crippen molar-refractivity contribution in [3.8, 4) is 0 Å². The molecule has 180 valence electrons. The van der Waals surface area contributed by atoms with E-state index in [1.807, 2.05) is 30.3 Å². The first-order valence-corrected chi connectivity index (χ1v) is 11.5. The van der Waals surface area contributed by atoms with E-state index in [2.05, 4.69) is 16.0 Å². The molecule has 0 atom stereocenters. The molecule has 1 heterocycles. The van der Waals surface area contributed by atoms with Crippen molar-refractivity contribution in [3.05, 3.63) is 95.6 Å². The number of carbonyl (C=O) groups is 3. The number of benzene rings is 3. The fourth-order valence-electron chi connectivity index (χ4n) is 3.65. The van der Waals surface area contributed by atoms with E-state index in [0.29, 0.717) is 49.7 Å². The fraction of sp³-hybridized carbons (Fsp3) is 0.222. The molecule has 0 radical (unpaired) electrons. The molecule has 3 N–H and O–H groups in total. The Hall–Kier alpha value is -4.17. The van der Waals surface area contributed by atoms with Crippen LogP contribution in [0.3, 0.4) is 0 Å². The van der Waals surface area contributed by atoms with E-state index in [1.165, 1.54) is 0 Å². The zero-order valence-electron chi connectivity index (χ0n) is 19.3. The van der Waals surface area contributed by atoms with Gasteiger partial charge in [-0.25, -0.2) is 0 Å². The highest BCUT2D eigenvalue weighted by Crippen LogP contribution is 2.14. The number of nitrogens with zero attached hydrogens (tertiary/aromatic N) is 1. The van der Waals surface area contributed by atoms with E-state index in [9.17, 15) is 14.4 Å². The first kappa shape index (κ1) is 24.0. The van der Waals surface area contributed by atoms with Crippen molar-refractivity contribution in [1.29, 1.82) is 0 Å². The summed E-state index contributed by atoms with van der Waals surface area (Å²) in [6, 6.07) is 23.5. The summed E-state index contributed by atoms with van der Waals surface area (Å²) in [4.78, 5) is 38.9. The van der Waals surface area contributed by atoms with Crippen LogP contribution in [0.1, 0.15) is 26.3 Å². The van der Waals surface area contributed by atoms with Crippen molar-refractivity contribution >= 4 is 29.1 Å². The smallest absolute Gasteiger partial charge is 0.254 e. The number of hydrogen-bond donors (Lipinski definition) is 3. The normalized spacial score (nSPS) is 13.1. The highest BCUT2D eigenvalue weighted by molar-refractivity contribution is 5.97. The van der Waals surface area contributed by atoms with Crippen LogP contribution in [0.25, 0.3) is 0 Å². The SMILES string of the molecule is O=C(CNc1ccc(C(=O)NCc2ccccc2)cc1)Nc1ccc(C(=O)N2CCOCC2)cc1. The van der Waals surface area contributed by atoms with Gasteiger partial charge in [0.05, 0.1) is 19.8 Å². The molecule has 3 aromatic rings. The van der Waals surface area contributed by atoms with Gasteiger partial charge < -0.3 is 25.6 Å². The molecule has 1 aliphatic heterocycles. The zero-order chi connectivity index (χ0) is 24.5. The Kier molecular flexibility index (Phi) is 8.08. The maximum atomic E-state index is 12.5. The molecule has 0 bridgehead atoms. The maximum Gasteiger partial charge on any atom is 0.254 e. The van der Waals surface area contributed by atoms with E-state index in [0.717, 1.165) is 11.3 Å². The second kappa shape index (κ2) is 11.8. The maximum absolute atomic E-state index is 12.5. The number of amides is 3. The van der Waals surface area contributed by atoms with Crippen molar-refractivity contribution < 1.29 is 19.1 Å². The van der Waals surface area contributed by atoms with Crippen LogP contribution in [-0.4, -0.2) is 55.5 Å². The minimum Gasteiger partial charge on any atom is -0.378 e. The van der Waals surface area contributed by atoms with Gasteiger partial charge in [0.2, 0.25) is 5.91 Å². The van der Waals surface area contributed by atoms with Crippen molar-refractivity contribution in [2.24, 2.45) is 0 Å². The van der Waals surface area contributed by atoms with Gasteiger partial charge in [0.25, 0.3) is 11.8 Å². The summed E-state index contributed by atoms with van der Waals surface area (Å²) in [5, 5.41) is 8.74. The summed E-state index contributed by atoms with van der Waals surface area (Å²) >= 11 is 0. The third-order valence-corrected chi connectivity index (χ3v) is 5.61. The van der Waals surface area contributed by atoms with Gasteiger partial charge in [-0.2, -0.15) is 0 Å². The molecule has 35 heavy (non-hydrogen) atoms. The minimum absolute atomic E-state index is 0.0370.